The molecule has 0 unspecified atom stereocenters. The van der Waals surface area contributed by atoms with Crippen LogP contribution in [-0.2, 0) is 16.0 Å². The summed E-state index contributed by atoms with van der Waals surface area (Å²) >= 11 is 0. The van der Waals surface area contributed by atoms with Crippen LogP contribution in [0.1, 0.15) is 15.9 Å². The molecule has 1 aromatic carbocycles. The molecular formula is C13H14N2O4. The topological polar surface area (TPSA) is 86.7 Å². The second-order valence-electron chi connectivity index (χ2n) is 4.59. The number of carbonyl (C=O) groups is 3. The van der Waals surface area contributed by atoms with Gasteiger partial charge in [0.25, 0.3) is 0 Å². The van der Waals surface area contributed by atoms with Crippen molar-refractivity contribution < 1.29 is 19.5 Å². The summed E-state index contributed by atoms with van der Waals surface area (Å²) in [5.74, 6) is -1.22. The van der Waals surface area contributed by atoms with Gasteiger partial charge in [0.1, 0.15) is 0 Å². The van der Waals surface area contributed by atoms with E-state index in [-0.39, 0.29) is 31.2 Å². The summed E-state index contributed by atoms with van der Waals surface area (Å²) in [6, 6.07) is 5.02. The van der Waals surface area contributed by atoms with Crippen molar-refractivity contribution >= 4 is 23.3 Å². The molecule has 0 atom stereocenters. The summed E-state index contributed by atoms with van der Waals surface area (Å²) in [6.45, 7) is -0.150. The maximum absolute atomic E-state index is 12.0. The molecule has 2 N–H and O–H groups in total. The van der Waals surface area contributed by atoms with Gasteiger partial charge in [0.2, 0.25) is 5.91 Å². The summed E-state index contributed by atoms with van der Waals surface area (Å²) in [5.41, 5.74) is 2.03. The normalized spacial score (nSPS) is 13.3. The third-order valence-electron chi connectivity index (χ3n) is 2.87. The van der Waals surface area contributed by atoms with Crippen molar-refractivity contribution in [2.24, 2.45) is 0 Å². The Bertz CT molecular complexity index is 554. The lowest BCUT2D eigenvalue weighted by Crippen LogP contribution is -2.31. The molecule has 0 radical (unpaired) electrons. The Morgan fingerprint density at radius 3 is 2.79 bits per heavy atom. The van der Waals surface area contributed by atoms with Gasteiger partial charge < -0.3 is 10.4 Å². The van der Waals surface area contributed by atoms with Crippen LogP contribution in [0.15, 0.2) is 18.2 Å². The number of rotatable bonds is 5. The van der Waals surface area contributed by atoms with Crippen molar-refractivity contribution in [2.45, 2.75) is 6.42 Å². The van der Waals surface area contributed by atoms with Crippen LogP contribution in [0.4, 0.5) is 5.69 Å². The number of nitrogens with zero attached hydrogens (tertiary/aromatic N) is 1. The quantitative estimate of drug-likeness (QED) is 0.749. The monoisotopic (exact) mass is 262 g/mol. The predicted octanol–water partition coefficient (Wildman–Crippen LogP) is 0.380. The predicted molar refractivity (Wildman–Crippen MR) is 68.2 cm³/mol. The number of carboxylic acid groups (broad SMARTS) is 1. The first kappa shape index (κ1) is 13.2. The van der Waals surface area contributed by atoms with Crippen molar-refractivity contribution in [3.63, 3.8) is 0 Å². The Balaban J connectivity index is 2.06. The standard InChI is InChI=1S/C13H14N2O4/c1-15(7-13(18)19)6-11(16)8-2-3-10-9(4-8)5-12(17)14-10/h2-4H,5-7H2,1H3,(H,14,17)(H,18,19). The third-order valence-corrected chi connectivity index (χ3v) is 2.87. The smallest absolute Gasteiger partial charge is 0.317 e. The number of likely N-dealkylation sites (N-methyl/N-ethyl adjacent to an activating group) is 1. The Morgan fingerprint density at radius 1 is 1.37 bits per heavy atom. The zero-order valence-electron chi connectivity index (χ0n) is 10.5. The molecule has 0 aromatic heterocycles. The molecule has 6 heteroatoms. The fraction of sp³-hybridized carbons (Fsp3) is 0.308. The van der Waals surface area contributed by atoms with E-state index in [2.05, 4.69) is 5.32 Å². The third kappa shape index (κ3) is 3.17. The number of anilines is 1. The summed E-state index contributed by atoms with van der Waals surface area (Å²) in [5, 5.41) is 11.3. The zero-order chi connectivity index (χ0) is 14.0. The van der Waals surface area contributed by atoms with Gasteiger partial charge in [0.05, 0.1) is 19.5 Å². The van der Waals surface area contributed by atoms with E-state index in [1.165, 1.54) is 4.90 Å². The van der Waals surface area contributed by atoms with Crippen LogP contribution >= 0.6 is 0 Å². The van der Waals surface area contributed by atoms with Crippen LogP contribution in [0.2, 0.25) is 0 Å². The van der Waals surface area contributed by atoms with Crippen molar-refractivity contribution in [3.05, 3.63) is 29.3 Å². The van der Waals surface area contributed by atoms with Crippen molar-refractivity contribution in [2.75, 3.05) is 25.5 Å². The van der Waals surface area contributed by atoms with Crippen LogP contribution in [0.5, 0.6) is 0 Å². The lowest BCUT2D eigenvalue weighted by molar-refractivity contribution is -0.137. The highest BCUT2D eigenvalue weighted by Crippen LogP contribution is 2.24. The van der Waals surface area contributed by atoms with E-state index in [9.17, 15) is 14.4 Å². The molecule has 1 amide bonds. The average molecular weight is 262 g/mol. The summed E-state index contributed by atoms with van der Waals surface area (Å²) in [7, 11) is 1.57. The lowest BCUT2D eigenvalue weighted by atomic mass is 10.0. The molecule has 2 rings (SSSR count). The number of Topliss-reactive ketones (excluding diaryl/α,β-unsaturated/α-hetero) is 1. The van der Waals surface area contributed by atoms with Crippen LogP contribution < -0.4 is 5.32 Å². The molecule has 1 aromatic rings. The number of carboxylic acids is 1. The molecule has 1 aliphatic rings. The second-order valence-corrected chi connectivity index (χ2v) is 4.59. The minimum absolute atomic E-state index is 0.0342. The molecule has 0 saturated heterocycles. The Morgan fingerprint density at radius 2 is 2.11 bits per heavy atom. The first-order chi connectivity index (χ1) is 8.95. The molecule has 0 saturated carbocycles. The highest BCUT2D eigenvalue weighted by atomic mass is 16.4. The van der Waals surface area contributed by atoms with Gasteiger partial charge in [-0.3, -0.25) is 19.3 Å². The number of benzene rings is 1. The van der Waals surface area contributed by atoms with Gasteiger partial charge in [0.15, 0.2) is 5.78 Å². The van der Waals surface area contributed by atoms with Crippen molar-refractivity contribution in [3.8, 4) is 0 Å². The molecule has 0 aliphatic carbocycles. The average Bonchev–Trinajstić information content (AvgIpc) is 2.66. The van der Waals surface area contributed by atoms with Crippen LogP contribution in [0.3, 0.4) is 0 Å². The van der Waals surface area contributed by atoms with Crippen LogP contribution in [-0.4, -0.2) is 47.8 Å². The van der Waals surface area contributed by atoms with Crippen LogP contribution in [0.25, 0.3) is 0 Å². The molecule has 19 heavy (non-hydrogen) atoms. The fourth-order valence-electron chi connectivity index (χ4n) is 2.03. The number of fused-ring (bicyclic) bond motifs is 1. The van der Waals surface area contributed by atoms with Gasteiger partial charge in [-0.25, -0.2) is 0 Å². The molecule has 100 valence electrons. The van der Waals surface area contributed by atoms with E-state index >= 15 is 0 Å². The van der Waals surface area contributed by atoms with Gasteiger partial charge in [-0.05, 0) is 30.8 Å². The van der Waals surface area contributed by atoms with Gasteiger partial charge in [0, 0.05) is 11.3 Å². The fourth-order valence-corrected chi connectivity index (χ4v) is 2.03. The van der Waals surface area contributed by atoms with E-state index in [1.54, 1.807) is 25.2 Å². The van der Waals surface area contributed by atoms with E-state index in [4.69, 9.17) is 5.11 Å². The Kier molecular flexibility index (Phi) is 3.62. The van der Waals surface area contributed by atoms with E-state index < -0.39 is 5.97 Å². The van der Waals surface area contributed by atoms with E-state index in [1.807, 2.05) is 0 Å². The minimum Gasteiger partial charge on any atom is -0.480 e. The highest BCUT2D eigenvalue weighted by molar-refractivity contribution is 6.02. The van der Waals surface area contributed by atoms with Gasteiger partial charge in [-0.1, -0.05) is 0 Å². The molecule has 0 fully saturated rings. The van der Waals surface area contributed by atoms with Crippen LogP contribution in [0, 0.1) is 0 Å². The lowest BCUT2D eigenvalue weighted by Gasteiger charge is -2.13. The SMILES string of the molecule is CN(CC(=O)O)CC(=O)c1ccc2c(c1)CC(=O)N2. The maximum atomic E-state index is 12.0. The zero-order valence-corrected chi connectivity index (χ0v) is 10.5. The Labute approximate surface area is 110 Å². The molecule has 1 heterocycles. The number of hydrogen-bond acceptors (Lipinski definition) is 4. The van der Waals surface area contributed by atoms with E-state index in [0.717, 1.165) is 11.3 Å². The van der Waals surface area contributed by atoms with Crippen molar-refractivity contribution in [1.82, 2.24) is 4.90 Å². The highest BCUT2D eigenvalue weighted by Gasteiger charge is 2.19. The number of ketones is 1. The molecule has 6 nitrogen and oxygen atoms in total. The largest absolute Gasteiger partial charge is 0.480 e. The van der Waals surface area contributed by atoms with Gasteiger partial charge in [-0.15, -0.1) is 0 Å². The Hall–Kier alpha value is -2.21. The first-order valence-electron chi connectivity index (χ1n) is 5.82. The van der Waals surface area contributed by atoms with Crippen molar-refractivity contribution in [1.29, 1.82) is 0 Å². The second kappa shape index (κ2) is 5.19. The maximum Gasteiger partial charge on any atom is 0.317 e. The number of carbonyl (C=O) groups excluding carboxylic acids is 2. The summed E-state index contributed by atoms with van der Waals surface area (Å²) < 4.78 is 0. The number of aliphatic carboxylic acids is 1. The molecule has 0 spiro atoms. The molecule has 0 bridgehead atoms. The summed E-state index contributed by atoms with van der Waals surface area (Å²) in [6.07, 6.45) is 0.279. The van der Waals surface area contributed by atoms with E-state index in [0.29, 0.717) is 5.56 Å². The number of hydrogen-bond donors (Lipinski definition) is 2. The van der Waals surface area contributed by atoms with Gasteiger partial charge in [-0.2, -0.15) is 0 Å². The number of nitrogens with one attached hydrogen (secondary N) is 1. The molecule has 1 aliphatic heterocycles. The number of amides is 1. The summed E-state index contributed by atoms with van der Waals surface area (Å²) in [4.78, 5) is 35.1. The minimum atomic E-state index is -0.973. The molecular weight excluding hydrogens is 248 g/mol. The first-order valence-corrected chi connectivity index (χ1v) is 5.82. The van der Waals surface area contributed by atoms with Gasteiger partial charge >= 0.3 is 5.97 Å².